The van der Waals surface area contributed by atoms with Gasteiger partial charge in [-0.1, -0.05) is 31.9 Å². The first-order valence-corrected chi connectivity index (χ1v) is 8.05. The first-order valence-electron chi connectivity index (χ1n) is 8.05. The maximum atomic E-state index is 12.1. The van der Waals surface area contributed by atoms with Crippen molar-refractivity contribution in [1.82, 2.24) is 0 Å². The number of rotatable bonds is 3. The number of fused-ring (bicyclic) bond motifs is 3. The number of esters is 2. The lowest BCUT2D eigenvalue weighted by Crippen LogP contribution is -2.36. The van der Waals surface area contributed by atoms with Crippen molar-refractivity contribution in [2.24, 2.45) is 17.8 Å². The summed E-state index contributed by atoms with van der Waals surface area (Å²) in [5.41, 5.74) is 1.29. The fourth-order valence-electron chi connectivity index (χ4n) is 3.99. The van der Waals surface area contributed by atoms with Gasteiger partial charge in [0.05, 0.1) is 18.1 Å². The third-order valence-corrected chi connectivity index (χ3v) is 5.34. The lowest BCUT2D eigenvalue weighted by atomic mass is 9.81. The first kappa shape index (κ1) is 17.4. The Labute approximate surface area is 145 Å². The highest BCUT2D eigenvalue weighted by atomic mass is 16.6. The number of carbonyl (C=O) groups excluding carboxylic acids is 3. The van der Waals surface area contributed by atoms with Crippen molar-refractivity contribution in [3.05, 3.63) is 48.6 Å². The molecular weight excluding hydrogens is 324 g/mol. The molecule has 3 fully saturated rings. The predicted molar refractivity (Wildman–Crippen MR) is 88.1 cm³/mol. The van der Waals surface area contributed by atoms with Crippen molar-refractivity contribution >= 4 is 17.7 Å². The van der Waals surface area contributed by atoms with E-state index in [0.29, 0.717) is 5.57 Å². The van der Waals surface area contributed by atoms with Gasteiger partial charge in [-0.3, -0.25) is 4.79 Å². The second-order valence-electron chi connectivity index (χ2n) is 6.77. The van der Waals surface area contributed by atoms with Gasteiger partial charge >= 0.3 is 11.9 Å². The van der Waals surface area contributed by atoms with Crippen LogP contribution in [0.2, 0.25) is 0 Å². The number of Topliss-reactive ketones (excluding diaryl/α,β-unsaturated/α-hetero) is 1. The van der Waals surface area contributed by atoms with E-state index in [9.17, 15) is 14.4 Å². The maximum absolute atomic E-state index is 12.1. The van der Waals surface area contributed by atoms with E-state index >= 15 is 0 Å². The highest BCUT2D eigenvalue weighted by Crippen LogP contribution is 2.51. The number of aliphatic hydroxyl groups excluding tert-OH is 1. The van der Waals surface area contributed by atoms with Crippen LogP contribution in [0, 0.1) is 17.8 Å². The molecule has 0 unspecified atom stereocenters. The van der Waals surface area contributed by atoms with E-state index in [4.69, 9.17) is 14.6 Å². The zero-order valence-electron chi connectivity index (χ0n) is 13.8. The van der Waals surface area contributed by atoms with Gasteiger partial charge in [-0.2, -0.15) is 0 Å². The van der Waals surface area contributed by atoms with Gasteiger partial charge in [-0.05, 0) is 11.5 Å². The lowest BCUT2D eigenvalue weighted by Gasteiger charge is -2.27. The van der Waals surface area contributed by atoms with E-state index in [2.05, 4.69) is 26.3 Å². The summed E-state index contributed by atoms with van der Waals surface area (Å²) in [4.78, 5) is 36.2. The monoisotopic (exact) mass is 344 g/mol. The molecule has 6 nitrogen and oxygen atoms in total. The quantitative estimate of drug-likeness (QED) is 0.471. The van der Waals surface area contributed by atoms with Gasteiger partial charge in [0.15, 0.2) is 5.78 Å². The summed E-state index contributed by atoms with van der Waals surface area (Å²) >= 11 is 0. The molecule has 2 saturated carbocycles. The molecule has 5 atom stereocenters. The van der Waals surface area contributed by atoms with E-state index in [1.807, 2.05) is 0 Å². The Kier molecular flexibility index (Phi) is 4.24. The van der Waals surface area contributed by atoms with Gasteiger partial charge < -0.3 is 14.6 Å². The zero-order chi connectivity index (χ0) is 18.5. The number of ether oxygens (including phenoxy) is 2. The van der Waals surface area contributed by atoms with Crippen LogP contribution in [-0.4, -0.2) is 41.6 Å². The third-order valence-electron chi connectivity index (χ3n) is 5.34. The maximum Gasteiger partial charge on any atom is 0.336 e. The van der Waals surface area contributed by atoms with Crippen LogP contribution in [0.15, 0.2) is 48.6 Å². The van der Waals surface area contributed by atoms with Gasteiger partial charge in [0, 0.05) is 24.3 Å². The van der Waals surface area contributed by atoms with Crippen molar-refractivity contribution < 1.29 is 29.0 Å². The van der Waals surface area contributed by atoms with Crippen LogP contribution in [0.5, 0.6) is 0 Å². The molecule has 132 valence electrons. The molecule has 0 amide bonds. The SMILES string of the molecule is C=C(CO)C(=O)O[C@H]1CC(=C)[C@@H]2CC(=O)C(=C)[C@@H]2[C@H]2OC(=O)C(=C)[C@@H]21. The summed E-state index contributed by atoms with van der Waals surface area (Å²) in [7, 11) is 0. The summed E-state index contributed by atoms with van der Waals surface area (Å²) in [6.45, 7) is 14.6. The molecule has 6 heteroatoms. The van der Waals surface area contributed by atoms with Crippen LogP contribution in [0.25, 0.3) is 0 Å². The minimum Gasteiger partial charge on any atom is -0.458 e. The molecule has 3 aliphatic rings. The van der Waals surface area contributed by atoms with Gasteiger partial charge in [0.1, 0.15) is 12.2 Å². The molecule has 1 N–H and O–H groups in total. The van der Waals surface area contributed by atoms with E-state index in [1.54, 1.807) is 0 Å². The normalized spacial score (nSPS) is 34.3. The summed E-state index contributed by atoms with van der Waals surface area (Å²) in [6.07, 6.45) is -0.841. The number of aliphatic hydroxyl groups is 1. The average molecular weight is 344 g/mol. The van der Waals surface area contributed by atoms with Crippen molar-refractivity contribution in [1.29, 1.82) is 0 Å². The van der Waals surface area contributed by atoms with Gasteiger partial charge in [-0.15, -0.1) is 0 Å². The molecule has 0 aromatic heterocycles. The summed E-state index contributed by atoms with van der Waals surface area (Å²) in [5.74, 6) is -2.53. The van der Waals surface area contributed by atoms with Crippen LogP contribution in [0.3, 0.4) is 0 Å². The van der Waals surface area contributed by atoms with E-state index in [0.717, 1.165) is 5.57 Å². The van der Waals surface area contributed by atoms with Gasteiger partial charge in [0.2, 0.25) is 0 Å². The van der Waals surface area contributed by atoms with Crippen molar-refractivity contribution in [2.75, 3.05) is 6.61 Å². The van der Waals surface area contributed by atoms with Crippen molar-refractivity contribution in [3.63, 3.8) is 0 Å². The largest absolute Gasteiger partial charge is 0.458 e. The summed E-state index contributed by atoms with van der Waals surface area (Å²) < 4.78 is 11.0. The molecule has 0 bridgehead atoms. The van der Waals surface area contributed by atoms with Gasteiger partial charge in [0.25, 0.3) is 0 Å². The summed E-state index contributed by atoms with van der Waals surface area (Å²) in [6, 6.07) is 0. The van der Waals surface area contributed by atoms with Crippen molar-refractivity contribution in [3.8, 4) is 0 Å². The first-order chi connectivity index (χ1) is 11.8. The molecule has 0 radical (unpaired) electrons. The van der Waals surface area contributed by atoms with Crippen LogP contribution >= 0.6 is 0 Å². The molecule has 0 aromatic carbocycles. The molecule has 0 spiro atoms. The van der Waals surface area contributed by atoms with E-state index < -0.39 is 36.7 Å². The Hall–Kier alpha value is -2.47. The Balaban J connectivity index is 1.98. The molecule has 3 rings (SSSR count). The van der Waals surface area contributed by atoms with Crippen LogP contribution < -0.4 is 0 Å². The molecule has 1 saturated heterocycles. The van der Waals surface area contributed by atoms with Crippen LogP contribution in [0.1, 0.15) is 12.8 Å². The highest BCUT2D eigenvalue weighted by Gasteiger charge is 2.56. The topological polar surface area (TPSA) is 89.9 Å². The van der Waals surface area contributed by atoms with E-state index in [-0.39, 0.29) is 41.6 Å². The van der Waals surface area contributed by atoms with Crippen LogP contribution in [0.4, 0.5) is 0 Å². The second kappa shape index (κ2) is 6.11. The smallest absolute Gasteiger partial charge is 0.336 e. The third kappa shape index (κ3) is 2.66. The Morgan fingerprint density at radius 1 is 1.16 bits per heavy atom. The molecule has 1 aliphatic heterocycles. The fourth-order valence-corrected chi connectivity index (χ4v) is 3.99. The molecule has 1 heterocycles. The Morgan fingerprint density at radius 2 is 1.84 bits per heavy atom. The van der Waals surface area contributed by atoms with Gasteiger partial charge in [-0.25, -0.2) is 9.59 Å². The zero-order valence-corrected chi connectivity index (χ0v) is 13.8. The van der Waals surface area contributed by atoms with E-state index in [1.165, 1.54) is 0 Å². The predicted octanol–water partition coefficient (Wildman–Crippen LogP) is 1.27. The highest BCUT2D eigenvalue weighted by molar-refractivity contribution is 5.99. The number of hydrogen-bond acceptors (Lipinski definition) is 6. The number of hydrogen-bond donors (Lipinski definition) is 1. The minimum atomic E-state index is -0.742. The second-order valence-corrected chi connectivity index (χ2v) is 6.77. The standard InChI is InChI=1S/C19H20O6/c1-8-5-14(24-18(22)9(2)7-20)16-11(4)19(23)25-17(16)15-10(3)13(21)6-12(8)15/h12,14-17,20H,1-7H2/t12-,14-,15-,16+,17+/m0/s1. The Morgan fingerprint density at radius 3 is 2.48 bits per heavy atom. The summed E-state index contributed by atoms with van der Waals surface area (Å²) in [5, 5.41) is 9.06. The van der Waals surface area contributed by atoms with Crippen LogP contribution in [-0.2, 0) is 23.9 Å². The molecule has 2 aliphatic carbocycles. The number of carbonyl (C=O) groups is 3. The lowest BCUT2D eigenvalue weighted by molar-refractivity contribution is -0.148. The minimum absolute atomic E-state index is 0.0624. The fraction of sp³-hybridized carbons (Fsp3) is 0.421. The Bertz CT molecular complexity index is 730. The molecule has 0 aromatic rings. The number of ketones is 1. The van der Waals surface area contributed by atoms with Crippen molar-refractivity contribution in [2.45, 2.75) is 25.0 Å². The average Bonchev–Trinajstić information content (AvgIpc) is 2.99. The molecule has 25 heavy (non-hydrogen) atoms. The molecular formula is C19H20O6.